The van der Waals surface area contributed by atoms with Crippen LogP contribution >= 0.6 is 0 Å². The Morgan fingerprint density at radius 1 is 1.25 bits per heavy atom. The molecule has 0 aliphatic carbocycles. The van der Waals surface area contributed by atoms with Crippen LogP contribution in [0.4, 0.5) is 0 Å². The Kier molecular flexibility index (Phi) is 1.74. The lowest BCUT2D eigenvalue weighted by molar-refractivity contribution is 0.861. The lowest BCUT2D eigenvalue weighted by Gasteiger charge is -1.94. The van der Waals surface area contributed by atoms with Crippen LogP contribution in [-0.2, 0) is 0 Å². The van der Waals surface area contributed by atoms with Gasteiger partial charge in [-0.25, -0.2) is 0 Å². The highest BCUT2D eigenvalue weighted by atomic mass is 15.3. The van der Waals surface area contributed by atoms with Crippen LogP contribution in [0.3, 0.4) is 0 Å². The molecule has 0 saturated carbocycles. The van der Waals surface area contributed by atoms with Crippen LogP contribution in [0.15, 0.2) is 30.6 Å². The van der Waals surface area contributed by atoms with Crippen molar-refractivity contribution in [2.75, 3.05) is 0 Å². The summed E-state index contributed by atoms with van der Waals surface area (Å²) in [7, 11) is 0. The molecule has 0 atom stereocenters. The van der Waals surface area contributed by atoms with E-state index in [9.17, 15) is 0 Å². The second kappa shape index (κ2) is 3.04. The van der Waals surface area contributed by atoms with Gasteiger partial charge < -0.3 is 0 Å². The molecule has 2 heterocycles. The number of aromatic nitrogens is 4. The van der Waals surface area contributed by atoms with Crippen LogP contribution in [0.25, 0.3) is 11.3 Å². The number of hydrogen-bond acceptors (Lipinski definition) is 4. The molecule has 0 aromatic carbocycles. The van der Waals surface area contributed by atoms with Crippen LogP contribution in [0.1, 0.15) is 0 Å². The fourth-order valence-corrected chi connectivity index (χ4v) is 0.860. The number of pyridine rings is 1. The third kappa shape index (κ3) is 1.27. The topological polar surface area (TPSA) is 51.6 Å². The average molecular weight is 157 g/mol. The summed E-state index contributed by atoms with van der Waals surface area (Å²) in [5, 5.41) is 10.6. The number of nitrogens with zero attached hydrogens (tertiary/aromatic N) is 4. The van der Waals surface area contributed by atoms with Crippen molar-refractivity contribution in [2.45, 2.75) is 0 Å². The highest BCUT2D eigenvalue weighted by Gasteiger charge is 1.97. The Bertz CT molecular complexity index is 308. The molecule has 2 aromatic heterocycles. The first-order valence-corrected chi connectivity index (χ1v) is 3.44. The summed E-state index contributed by atoms with van der Waals surface area (Å²) in [4.78, 5) is 4.11. The van der Waals surface area contributed by atoms with Gasteiger partial charge in [0.15, 0.2) is 0 Å². The first kappa shape index (κ1) is 6.84. The second-order valence-corrected chi connectivity index (χ2v) is 2.17. The van der Waals surface area contributed by atoms with Gasteiger partial charge in [0, 0.05) is 6.20 Å². The van der Waals surface area contributed by atoms with Crippen molar-refractivity contribution in [3.63, 3.8) is 0 Å². The third-order valence-electron chi connectivity index (χ3n) is 1.39. The maximum absolute atomic E-state index is 4.11. The lowest BCUT2D eigenvalue weighted by atomic mass is 10.2. The van der Waals surface area contributed by atoms with E-state index in [-0.39, 0.29) is 0 Å². The predicted octanol–water partition coefficient (Wildman–Crippen LogP) is 0.734. The van der Waals surface area contributed by atoms with Gasteiger partial charge in [-0.2, -0.15) is 0 Å². The largest absolute Gasteiger partial charge is 0.256 e. The molecular weight excluding hydrogens is 152 g/mol. The van der Waals surface area contributed by atoms with Gasteiger partial charge in [-0.05, 0) is 17.3 Å². The van der Waals surface area contributed by atoms with Gasteiger partial charge in [-0.1, -0.05) is 6.07 Å². The van der Waals surface area contributed by atoms with E-state index in [4.69, 9.17) is 0 Å². The second-order valence-electron chi connectivity index (χ2n) is 2.17. The Balaban J connectivity index is 2.46. The van der Waals surface area contributed by atoms with Gasteiger partial charge in [0.25, 0.3) is 0 Å². The molecule has 57 valence electrons. The van der Waals surface area contributed by atoms with Crippen molar-refractivity contribution in [1.82, 2.24) is 20.4 Å². The fraction of sp³-hybridized carbons (Fsp3) is 0. The highest BCUT2D eigenvalue weighted by Crippen LogP contribution is 2.10. The normalized spacial score (nSPS) is 9.67. The smallest absolute Gasteiger partial charge is 0.127 e. The first-order chi connectivity index (χ1) is 5.97. The van der Waals surface area contributed by atoms with Gasteiger partial charge in [-0.15, -0.1) is 10.2 Å². The molecule has 2 rings (SSSR count). The van der Waals surface area contributed by atoms with E-state index in [2.05, 4.69) is 26.6 Å². The maximum Gasteiger partial charge on any atom is 0.127 e. The van der Waals surface area contributed by atoms with Crippen molar-refractivity contribution in [3.8, 4) is 11.3 Å². The molecule has 1 radical (unpaired) electrons. The molecule has 0 unspecified atom stereocenters. The van der Waals surface area contributed by atoms with Crippen molar-refractivity contribution < 1.29 is 0 Å². The molecule has 0 bridgehead atoms. The highest BCUT2D eigenvalue weighted by molar-refractivity contribution is 5.54. The molecule has 0 N–H and O–H groups in total. The molecule has 0 fully saturated rings. The zero-order chi connectivity index (χ0) is 8.23. The summed E-state index contributed by atoms with van der Waals surface area (Å²) >= 11 is 0. The lowest BCUT2D eigenvalue weighted by Crippen LogP contribution is -1.88. The Morgan fingerprint density at radius 3 is 2.92 bits per heavy atom. The third-order valence-corrected chi connectivity index (χ3v) is 1.39. The minimum atomic E-state index is 0.755. The summed E-state index contributed by atoms with van der Waals surface area (Å²) in [5.74, 6) is 0. The zero-order valence-electron chi connectivity index (χ0n) is 6.18. The molecule has 2 aromatic rings. The molecule has 4 nitrogen and oxygen atoms in total. The van der Waals surface area contributed by atoms with E-state index in [0.29, 0.717) is 0 Å². The van der Waals surface area contributed by atoms with E-state index in [0.717, 1.165) is 11.3 Å². The van der Waals surface area contributed by atoms with Crippen LogP contribution in [-0.4, -0.2) is 20.4 Å². The molecule has 4 heteroatoms. The minimum absolute atomic E-state index is 0.755. The fourth-order valence-electron chi connectivity index (χ4n) is 0.860. The summed E-state index contributed by atoms with van der Waals surface area (Å²) in [6, 6.07) is 5.62. The van der Waals surface area contributed by atoms with E-state index < -0.39 is 0 Å². The van der Waals surface area contributed by atoms with E-state index in [1.54, 1.807) is 12.4 Å². The zero-order valence-corrected chi connectivity index (χ0v) is 6.18. The van der Waals surface area contributed by atoms with Crippen LogP contribution in [0.5, 0.6) is 0 Å². The summed E-state index contributed by atoms with van der Waals surface area (Å²) in [5.41, 5.74) is 1.56. The molecule has 12 heavy (non-hydrogen) atoms. The van der Waals surface area contributed by atoms with Gasteiger partial charge >= 0.3 is 0 Å². The van der Waals surface area contributed by atoms with Crippen LogP contribution < -0.4 is 0 Å². The van der Waals surface area contributed by atoms with Gasteiger partial charge in [-0.3, -0.25) is 4.98 Å². The van der Waals surface area contributed by atoms with Crippen molar-refractivity contribution in [1.29, 1.82) is 0 Å². The molecular formula is C8H5N4. The Hall–Kier alpha value is -1.84. The van der Waals surface area contributed by atoms with Crippen molar-refractivity contribution in [2.24, 2.45) is 0 Å². The quantitative estimate of drug-likeness (QED) is 0.612. The minimum Gasteiger partial charge on any atom is -0.256 e. The van der Waals surface area contributed by atoms with Crippen molar-refractivity contribution in [3.05, 3.63) is 36.8 Å². The number of rotatable bonds is 1. The molecule has 0 saturated heterocycles. The Morgan fingerprint density at radius 2 is 2.25 bits per heavy atom. The number of hydrogen-bond donors (Lipinski definition) is 0. The van der Waals surface area contributed by atoms with Crippen LogP contribution in [0.2, 0.25) is 0 Å². The molecule has 0 aliphatic rings. The standard InChI is InChI=1S/C8H5N4/c1-2-4-9-8(3-1)7-5-10-12-11-6-7/h1-5H. The SMILES string of the molecule is [c]1nnncc1-c1ccccn1. The van der Waals surface area contributed by atoms with E-state index >= 15 is 0 Å². The average Bonchev–Trinajstić information content (AvgIpc) is 2.21. The summed E-state index contributed by atoms with van der Waals surface area (Å²) in [6.07, 6.45) is 5.99. The molecule has 0 amide bonds. The van der Waals surface area contributed by atoms with E-state index in [1.807, 2.05) is 18.2 Å². The van der Waals surface area contributed by atoms with Gasteiger partial charge in [0.2, 0.25) is 0 Å². The van der Waals surface area contributed by atoms with Crippen molar-refractivity contribution >= 4 is 0 Å². The summed E-state index contributed by atoms with van der Waals surface area (Å²) < 4.78 is 0. The first-order valence-electron chi connectivity index (χ1n) is 3.44. The van der Waals surface area contributed by atoms with E-state index in [1.165, 1.54) is 0 Å². The molecule has 0 spiro atoms. The monoisotopic (exact) mass is 157 g/mol. The molecule has 0 aliphatic heterocycles. The maximum atomic E-state index is 4.11. The Labute approximate surface area is 69.3 Å². The van der Waals surface area contributed by atoms with Gasteiger partial charge in [0.1, 0.15) is 6.20 Å². The summed E-state index contributed by atoms with van der Waals surface area (Å²) in [6.45, 7) is 0. The van der Waals surface area contributed by atoms with Crippen LogP contribution in [0, 0.1) is 6.20 Å². The predicted molar refractivity (Wildman–Crippen MR) is 41.9 cm³/mol. The van der Waals surface area contributed by atoms with Gasteiger partial charge in [0.05, 0.1) is 17.5 Å².